The van der Waals surface area contributed by atoms with Crippen LogP contribution >= 0.6 is 11.3 Å². The maximum absolute atomic E-state index is 11.8. The molecule has 0 unspecified atom stereocenters. The molecule has 7 nitrogen and oxygen atoms in total. The molecule has 0 radical (unpaired) electrons. The second-order valence-electron chi connectivity index (χ2n) is 3.20. The van der Waals surface area contributed by atoms with E-state index in [-0.39, 0.29) is 5.91 Å². The number of amides is 1. The Morgan fingerprint density at radius 1 is 1.56 bits per heavy atom. The van der Waals surface area contributed by atoms with Crippen LogP contribution in [0.1, 0.15) is 16.1 Å². The summed E-state index contributed by atoms with van der Waals surface area (Å²) in [5.41, 5.74) is 6.58. The summed E-state index contributed by atoms with van der Waals surface area (Å²) in [5, 5.41) is 14.7. The molecule has 0 aliphatic carbocycles. The van der Waals surface area contributed by atoms with Gasteiger partial charge in [-0.15, -0.1) is 10.2 Å². The SMILES string of the molecule is Cc1nn(C)cc1C(=O)Nc1nnc(N)s1. The minimum absolute atomic E-state index is 0.262. The monoisotopic (exact) mass is 238 g/mol. The zero-order chi connectivity index (χ0) is 11.7. The Morgan fingerprint density at radius 2 is 2.31 bits per heavy atom. The van der Waals surface area contributed by atoms with Crippen molar-refractivity contribution in [3.8, 4) is 0 Å². The molecule has 3 N–H and O–H groups in total. The van der Waals surface area contributed by atoms with E-state index in [1.54, 1.807) is 24.9 Å². The van der Waals surface area contributed by atoms with Crippen LogP contribution in [0, 0.1) is 6.92 Å². The number of nitrogens with one attached hydrogen (secondary N) is 1. The molecule has 0 aliphatic heterocycles. The Hall–Kier alpha value is -1.96. The van der Waals surface area contributed by atoms with Crippen LogP contribution in [0.4, 0.5) is 10.3 Å². The van der Waals surface area contributed by atoms with Crippen molar-refractivity contribution in [3.05, 3.63) is 17.5 Å². The van der Waals surface area contributed by atoms with Gasteiger partial charge in [0.2, 0.25) is 10.3 Å². The van der Waals surface area contributed by atoms with Gasteiger partial charge in [-0.1, -0.05) is 11.3 Å². The molecule has 84 valence electrons. The quantitative estimate of drug-likeness (QED) is 0.789. The molecule has 2 aromatic rings. The number of hydrogen-bond acceptors (Lipinski definition) is 6. The normalized spacial score (nSPS) is 10.4. The average molecular weight is 238 g/mol. The van der Waals surface area contributed by atoms with Crippen LogP contribution < -0.4 is 11.1 Å². The molecule has 0 saturated heterocycles. The van der Waals surface area contributed by atoms with E-state index in [2.05, 4.69) is 20.6 Å². The molecule has 2 heterocycles. The van der Waals surface area contributed by atoms with E-state index in [0.717, 1.165) is 11.3 Å². The van der Waals surface area contributed by atoms with E-state index in [4.69, 9.17) is 5.73 Å². The van der Waals surface area contributed by atoms with Crippen molar-refractivity contribution in [1.29, 1.82) is 0 Å². The van der Waals surface area contributed by atoms with Gasteiger partial charge in [-0.25, -0.2) is 0 Å². The topological polar surface area (TPSA) is 98.7 Å². The fourth-order valence-electron chi connectivity index (χ4n) is 1.27. The van der Waals surface area contributed by atoms with E-state index in [9.17, 15) is 4.79 Å². The smallest absolute Gasteiger partial charge is 0.260 e. The summed E-state index contributed by atoms with van der Waals surface area (Å²) in [6.45, 7) is 1.77. The van der Waals surface area contributed by atoms with Gasteiger partial charge in [-0.3, -0.25) is 14.8 Å². The van der Waals surface area contributed by atoms with Crippen LogP contribution in [-0.2, 0) is 7.05 Å². The van der Waals surface area contributed by atoms with Gasteiger partial charge in [-0.05, 0) is 6.92 Å². The van der Waals surface area contributed by atoms with Crippen molar-refractivity contribution in [2.75, 3.05) is 11.1 Å². The highest BCUT2D eigenvalue weighted by Gasteiger charge is 2.14. The van der Waals surface area contributed by atoms with Gasteiger partial charge in [-0.2, -0.15) is 5.10 Å². The molecule has 1 amide bonds. The first-order chi connectivity index (χ1) is 7.56. The Labute approximate surface area is 95.3 Å². The minimum atomic E-state index is -0.262. The van der Waals surface area contributed by atoms with E-state index in [1.807, 2.05) is 0 Å². The van der Waals surface area contributed by atoms with Crippen LogP contribution in [0.25, 0.3) is 0 Å². The molecule has 0 bridgehead atoms. The molecule has 0 fully saturated rings. The molecular formula is C8H10N6OS. The fourth-order valence-corrected chi connectivity index (χ4v) is 1.78. The number of aryl methyl sites for hydroxylation is 2. The molecule has 0 atom stereocenters. The molecule has 16 heavy (non-hydrogen) atoms. The molecule has 8 heteroatoms. The van der Waals surface area contributed by atoms with Crippen molar-refractivity contribution in [2.24, 2.45) is 7.05 Å². The maximum atomic E-state index is 11.8. The lowest BCUT2D eigenvalue weighted by molar-refractivity contribution is 0.102. The molecule has 0 saturated carbocycles. The number of nitrogens with zero attached hydrogens (tertiary/aromatic N) is 4. The number of carbonyl (C=O) groups excluding carboxylic acids is 1. The van der Waals surface area contributed by atoms with Crippen molar-refractivity contribution in [2.45, 2.75) is 6.92 Å². The summed E-state index contributed by atoms with van der Waals surface area (Å²) in [6.07, 6.45) is 1.65. The molecule has 2 aromatic heterocycles. The first-order valence-corrected chi connectivity index (χ1v) is 5.28. The van der Waals surface area contributed by atoms with E-state index >= 15 is 0 Å². The van der Waals surface area contributed by atoms with Crippen molar-refractivity contribution < 1.29 is 4.79 Å². The Balaban J connectivity index is 2.17. The highest BCUT2D eigenvalue weighted by Crippen LogP contribution is 2.17. The molecule has 0 aromatic carbocycles. The third-order valence-electron chi connectivity index (χ3n) is 1.92. The van der Waals surface area contributed by atoms with Crippen LogP contribution in [0.2, 0.25) is 0 Å². The first kappa shape index (κ1) is 10.6. The Kier molecular flexibility index (Phi) is 2.57. The largest absolute Gasteiger partial charge is 0.374 e. The van der Waals surface area contributed by atoms with Gasteiger partial charge >= 0.3 is 0 Å². The summed E-state index contributed by atoms with van der Waals surface area (Å²) in [7, 11) is 1.76. The van der Waals surface area contributed by atoms with Crippen LogP contribution in [0.3, 0.4) is 0 Å². The second-order valence-corrected chi connectivity index (χ2v) is 4.21. The van der Waals surface area contributed by atoms with Crippen molar-refractivity contribution >= 4 is 27.5 Å². The van der Waals surface area contributed by atoms with Crippen LogP contribution in [-0.4, -0.2) is 25.9 Å². The Morgan fingerprint density at radius 3 is 2.81 bits per heavy atom. The van der Waals surface area contributed by atoms with Gasteiger partial charge in [0.1, 0.15) is 0 Å². The number of nitrogen functional groups attached to an aromatic ring is 1. The van der Waals surface area contributed by atoms with Gasteiger partial charge in [0.05, 0.1) is 11.3 Å². The molecular weight excluding hydrogens is 228 g/mol. The predicted octanol–water partition coefficient (Wildman–Crippen LogP) is 0.415. The molecule has 0 spiro atoms. The number of carbonyl (C=O) groups is 1. The number of anilines is 2. The summed E-state index contributed by atoms with van der Waals surface area (Å²) >= 11 is 1.12. The molecule has 2 rings (SSSR count). The molecule has 0 aliphatic rings. The first-order valence-electron chi connectivity index (χ1n) is 4.47. The lowest BCUT2D eigenvalue weighted by atomic mass is 10.2. The lowest BCUT2D eigenvalue weighted by Gasteiger charge is -1.97. The third-order valence-corrected chi connectivity index (χ3v) is 2.59. The third kappa shape index (κ3) is 2.01. The zero-order valence-corrected chi connectivity index (χ0v) is 9.58. The number of aromatic nitrogens is 4. The Bertz CT molecular complexity index is 530. The number of hydrogen-bond donors (Lipinski definition) is 2. The fraction of sp³-hybridized carbons (Fsp3) is 0.250. The van der Waals surface area contributed by atoms with E-state index < -0.39 is 0 Å². The summed E-state index contributed by atoms with van der Waals surface area (Å²) < 4.78 is 1.58. The average Bonchev–Trinajstić information content (AvgIpc) is 2.73. The van der Waals surface area contributed by atoms with Crippen molar-refractivity contribution in [1.82, 2.24) is 20.0 Å². The van der Waals surface area contributed by atoms with Crippen molar-refractivity contribution in [3.63, 3.8) is 0 Å². The standard InChI is InChI=1S/C8H10N6OS/c1-4-5(3-14(2)13-4)6(15)10-8-12-11-7(9)16-8/h3H,1-2H3,(H2,9,11)(H,10,12,15). The summed E-state index contributed by atoms with van der Waals surface area (Å²) in [4.78, 5) is 11.8. The van der Waals surface area contributed by atoms with E-state index in [0.29, 0.717) is 21.5 Å². The second kappa shape index (κ2) is 3.89. The summed E-state index contributed by atoms with van der Waals surface area (Å²) in [5.74, 6) is -0.262. The minimum Gasteiger partial charge on any atom is -0.374 e. The lowest BCUT2D eigenvalue weighted by Crippen LogP contribution is -2.12. The van der Waals surface area contributed by atoms with E-state index in [1.165, 1.54) is 0 Å². The van der Waals surface area contributed by atoms with Gasteiger partial charge < -0.3 is 5.73 Å². The van der Waals surface area contributed by atoms with Gasteiger partial charge in [0, 0.05) is 13.2 Å². The van der Waals surface area contributed by atoms with Gasteiger partial charge in [0.25, 0.3) is 5.91 Å². The number of nitrogens with two attached hydrogens (primary N) is 1. The van der Waals surface area contributed by atoms with Crippen LogP contribution in [0.15, 0.2) is 6.20 Å². The van der Waals surface area contributed by atoms with Crippen LogP contribution in [0.5, 0.6) is 0 Å². The predicted molar refractivity (Wildman–Crippen MR) is 60.2 cm³/mol. The number of rotatable bonds is 2. The highest BCUT2D eigenvalue weighted by atomic mass is 32.1. The summed E-state index contributed by atoms with van der Waals surface area (Å²) in [6, 6.07) is 0. The highest BCUT2D eigenvalue weighted by molar-refractivity contribution is 7.19. The van der Waals surface area contributed by atoms with Gasteiger partial charge in [0.15, 0.2) is 0 Å². The maximum Gasteiger partial charge on any atom is 0.260 e. The zero-order valence-electron chi connectivity index (χ0n) is 8.76.